The molecule has 0 spiro atoms. The minimum absolute atomic E-state index is 2.22. The maximum Gasteiger partial charge on any atom is 0.200 e. The highest BCUT2D eigenvalue weighted by Crippen LogP contribution is 2.59. The molecule has 4 rings (SSSR count). The SMILES string of the molecule is Fc1c(F)c(F)c(C2(F)c3c(F)c(F)c(F)c(F)c3-c3c(F)c(F)c(F)c(F)c32)c(F)c1F. The fourth-order valence-corrected chi connectivity index (χ4v) is 3.66. The van der Waals surface area contributed by atoms with Gasteiger partial charge in [-0.3, -0.25) is 0 Å². The average Bonchev–Trinajstić information content (AvgIpc) is 3.05. The van der Waals surface area contributed by atoms with Gasteiger partial charge in [-0.1, -0.05) is 0 Å². The lowest BCUT2D eigenvalue weighted by atomic mass is 9.84. The molecule has 0 nitrogen and oxygen atoms in total. The quantitative estimate of drug-likeness (QED) is 0.200. The van der Waals surface area contributed by atoms with Crippen LogP contribution in [-0.4, -0.2) is 0 Å². The smallest absolute Gasteiger partial charge is 0.200 e. The Morgan fingerprint density at radius 1 is 0.273 bits per heavy atom. The van der Waals surface area contributed by atoms with E-state index in [0.29, 0.717) is 0 Å². The van der Waals surface area contributed by atoms with Crippen LogP contribution in [0.25, 0.3) is 11.1 Å². The summed E-state index contributed by atoms with van der Waals surface area (Å²) in [5.74, 6) is -38.0. The van der Waals surface area contributed by atoms with Crippen LogP contribution in [0.4, 0.5) is 61.5 Å². The minimum atomic E-state index is -5.10. The molecule has 3 aromatic carbocycles. The van der Waals surface area contributed by atoms with E-state index < -0.39 is 109 Å². The van der Waals surface area contributed by atoms with Gasteiger partial charge in [-0.2, -0.15) is 0 Å². The van der Waals surface area contributed by atoms with Crippen LogP contribution >= 0.6 is 0 Å². The fourth-order valence-electron chi connectivity index (χ4n) is 3.66. The molecule has 0 amide bonds. The molecule has 1 aliphatic carbocycles. The fraction of sp³-hybridized carbons (Fsp3) is 0.0526. The molecule has 0 aromatic heterocycles. The molecule has 33 heavy (non-hydrogen) atoms. The van der Waals surface area contributed by atoms with Gasteiger partial charge in [-0.05, 0) is 0 Å². The third kappa shape index (κ3) is 2.48. The van der Waals surface area contributed by atoms with E-state index >= 15 is 4.39 Å². The molecule has 174 valence electrons. The van der Waals surface area contributed by atoms with Crippen LogP contribution in [0.3, 0.4) is 0 Å². The highest BCUT2D eigenvalue weighted by Gasteiger charge is 2.58. The molecule has 0 saturated heterocycles. The molecule has 0 radical (unpaired) electrons. The largest absolute Gasteiger partial charge is 0.228 e. The van der Waals surface area contributed by atoms with Crippen LogP contribution in [-0.2, 0) is 5.67 Å². The molecule has 0 heterocycles. The van der Waals surface area contributed by atoms with E-state index in [4.69, 9.17) is 0 Å². The van der Waals surface area contributed by atoms with Gasteiger partial charge in [0.05, 0.1) is 5.56 Å². The molecule has 0 N–H and O–H groups in total. The molecular formula is C19F14. The Kier molecular flexibility index (Phi) is 4.74. The molecule has 0 saturated carbocycles. The first-order valence-corrected chi connectivity index (χ1v) is 8.15. The molecule has 0 unspecified atom stereocenters. The summed E-state index contributed by atoms with van der Waals surface area (Å²) in [6, 6.07) is 0. The predicted octanol–water partition coefficient (Wildman–Crippen LogP) is 6.74. The number of alkyl halides is 1. The van der Waals surface area contributed by atoms with Crippen LogP contribution in [0.1, 0.15) is 16.7 Å². The molecule has 14 heteroatoms. The van der Waals surface area contributed by atoms with Gasteiger partial charge in [0.15, 0.2) is 75.5 Å². The van der Waals surface area contributed by atoms with Crippen LogP contribution < -0.4 is 0 Å². The molecule has 3 aromatic rings. The Hall–Kier alpha value is -3.32. The van der Waals surface area contributed by atoms with Gasteiger partial charge >= 0.3 is 0 Å². The first-order valence-electron chi connectivity index (χ1n) is 8.15. The molecule has 0 bridgehead atoms. The van der Waals surface area contributed by atoms with Crippen molar-refractivity contribution in [2.75, 3.05) is 0 Å². The number of benzene rings is 3. The number of fused-ring (bicyclic) bond motifs is 3. The highest BCUT2D eigenvalue weighted by molar-refractivity contribution is 5.84. The summed E-state index contributed by atoms with van der Waals surface area (Å²) in [6.07, 6.45) is 0. The lowest BCUT2D eigenvalue weighted by Gasteiger charge is -2.26. The van der Waals surface area contributed by atoms with Gasteiger partial charge in [0.2, 0.25) is 5.82 Å². The Balaban J connectivity index is 2.39. The summed E-state index contributed by atoms with van der Waals surface area (Å²) in [7, 11) is 0. The zero-order valence-electron chi connectivity index (χ0n) is 14.8. The lowest BCUT2D eigenvalue weighted by Crippen LogP contribution is -2.29. The molecule has 0 fully saturated rings. The molecule has 1 aliphatic rings. The summed E-state index contributed by atoms with van der Waals surface area (Å²) in [4.78, 5) is 0. The Morgan fingerprint density at radius 2 is 0.485 bits per heavy atom. The van der Waals surface area contributed by atoms with Gasteiger partial charge in [-0.15, -0.1) is 0 Å². The second-order valence-corrected chi connectivity index (χ2v) is 6.62. The molecule has 0 atom stereocenters. The molecule has 0 aliphatic heterocycles. The van der Waals surface area contributed by atoms with Crippen molar-refractivity contribution >= 4 is 0 Å². The Morgan fingerprint density at radius 3 is 0.788 bits per heavy atom. The first kappa shape index (κ1) is 22.9. The Labute approximate surface area is 171 Å². The number of hydrogen-bond acceptors (Lipinski definition) is 0. The predicted molar refractivity (Wildman–Crippen MR) is 78.8 cm³/mol. The van der Waals surface area contributed by atoms with Gasteiger partial charge in [0, 0.05) is 22.3 Å². The molecular weight excluding hydrogens is 494 g/mol. The van der Waals surface area contributed by atoms with Crippen molar-refractivity contribution in [1.29, 1.82) is 0 Å². The first-order chi connectivity index (χ1) is 15.2. The normalized spacial score (nSPS) is 14.0. The van der Waals surface area contributed by atoms with Gasteiger partial charge in [-0.25, -0.2) is 61.5 Å². The topological polar surface area (TPSA) is 0 Å². The van der Waals surface area contributed by atoms with E-state index in [0.717, 1.165) is 0 Å². The van der Waals surface area contributed by atoms with E-state index in [1.807, 2.05) is 0 Å². The van der Waals surface area contributed by atoms with E-state index in [1.165, 1.54) is 0 Å². The van der Waals surface area contributed by atoms with Crippen molar-refractivity contribution in [2.24, 2.45) is 0 Å². The maximum atomic E-state index is 16.2. The zero-order valence-corrected chi connectivity index (χ0v) is 14.8. The zero-order chi connectivity index (χ0) is 24.9. The number of hydrogen-bond donors (Lipinski definition) is 0. The van der Waals surface area contributed by atoms with Gasteiger partial charge in [0.25, 0.3) is 0 Å². The van der Waals surface area contributed by atoms with E-state index in [9.17, 15) is 57.1 Å². The van der Waals surface area contributed by atoms with Crippen LogP contribution in [0, 0.1) is 75.6 Å². The lowest BCUT2D eigenvalue weighted by molar-refractivity contribution is 0.233. The van der Waals surface area contributed by atoms with E-state index in [2.05, 4.69) is 0 Å². The third-order valence-electron chi connectivity index (χ3n) is 5.03. The second-order valence-electron chi connectivity index (χ2n) is 6.62. The number of rotatable bonds is 1. The van der Waals surface area contributed by atoms with E-state index in [1.54, 1.807) is 0 Å². The van der Waals surface area contributed by atoms with Crippen LogP contribution in [0.15, 0.2) is 0 Å². The second kappa shape index (κ2) is 6.84. The van der Waals surface area contributed by atoms with Crippen LogP contribution in [0.2, 0.25) is 0 Å². The monoisotopic (exact) mass is 494 g/mol. The van der Waals surface area contributed by atoms with Crippen molar-refractivity contribution in [3.63, 3.8) is 0 Å². The average molecular weight is 494 g/mol. The number of halogens is 14. The van der Waals surface area contributed by atoms with E-state index in [-0.39, 0.29) is 0 Å². The van der Waals surface area contributed by atoms with Crippen molar-refractivity contribution in [1.82, 2.24) is 0 Å². The maximum absolute atomic E-state index is 16.2. The van der Waals surface area contributed by atoms with Gasteiger partial charge < -0.3 is 0 Å². The van der Waals surface area contributed by atoms with Crippen LogP contribution in [0.5, 0.6) is 0 Å². The minimum Gasteiger partial charge on any atom is -0.228 e. The summed E-state index contributed by atoms with van der Waals surface area (Å²) in [6.45, 7) is 0. The standard InChI is InChI=1S/C19F14/c20-6-1-2-4(9(23)15(29)13(27)7(2)21)19(33,3(1)8(22)14(28)12(6)26)5-10(24)16(30)18(32)17(31)11(5)25. The summed E-state index contributed by atoms with van der Waals surface area (Å²) < 4.78 is 199. The van der Waals surface area contributed by atoms with Gasteiger partial charge in [0.1, 0.15) is 0 Å². The summed E-state index contributed by atoms with van der Waals surface area (Å²) >= 11 is 0. The van der Waals surface area contributed by atoms with Crippen molar-refractivity contribution in [2.45, 2.75) is 5.67 Å². The highest BCUT2D eigenvalue weighted by atomic mass is 19.2. The Bertz CT molecular complexity index is 1310. The summed E-state index contributed by atoms with van der Waals surface area (Å²) in [5.41, 5.74) is -17.5. The van der Waals surface area contributed by atoms with Crippen molar-refractivity contribution < 1.29 is 61.5 Å². The van der Waals surface area contributed by atoms with Crippen molar-refractivity contribution in [3.8, 4) is 11.1 Å². The summed E-state index contributed by atoms with van der Waals surface area (Å²) in [5, 5.41) is 0. The third-order valence-corrected chi connectivity index (χ3v) is 5.03. The van der Waals surface area contributed by atoms with Crippen molar-refractivity contribution in [3.05, 3.63) is 92.3 Å².